The number of nitrogens with one attached hydrogen (secondary N) is 1. The molecule has 6 heteroatoms. The lowest BCUT2D eigenvalue weighted by atomic mass is 9.95. The average Bonchev–Trinajstić information content (AvgIpc) is 3.35. The molecule has 0 radical (unpaired) electrons. The highest BCUT2D eigenvalue weighted by Crippen LogP contribution is 2.31. The lowest BCUT2D eigenvalue weighted by molar-refractivity contribution is -0.129. The summed E-state index contributed by atoms with van der Waals surface area (Å²) in [5.41, 5.74) is 2.89. The molecule has 2 amide bonds. The predicted octanol–water partition coefficient (Wildman–Crippen LogP) is 3.07. The van der Waals surface area contributed by atoms with Gasteiger partial charge >= 0.3 is 0 Å². The van der Waals surface area contributed by atoms with Crippen LogP contribution in [-0.2, 0) is 11.2 Å². The normalized spacial score (nSPS) is 18.5. The Balaban J connectivity index is 1.34. The Bertz CT molecular complexity index is 886. The number of carbonyl (C=O) groups excluding carboxylic acids is 2. The zero-order valence-electron chi connectivity index (χ0n) is 19.0. The molecule has 1 atom stereocenters. The molecule has 1 saturated carbocycles. The topological polar surface area (TPSA) is 65.5 Å². The van der Waals surface area contributed by atoms with E-state index in [0.717, 1.165) is 49.2 Å². The molecule has 1 unspecified atom stereocenters. The predicted molar refractivity (Wildman–Crippen MR) is 125 cm³/mol. The van der Waals surface area contributed by atoms with E-state index >= 15 is 0 Å². The second kappa shape index (κ2) is 10.7. The minimum absolute atomic E-state index is 0.0851. The number of piperazine rings is 1. The highest BCUT2D eigenvalue weighted by molar-refractivity contribution is 5.94. The van der Waals surface area contributed by atoms with Gasteiger partial charge in [0.1, 0.15) is 0 Å². The van der Waals surface area contributed by atoms with E-state index in [1.165, 1.54) is 12.8 Å². The summed E-state index contributed by atoms with van der Waals surface area (Å²) < 4.78 is 0. The zero-order valence-corrected chi connectivity index (χ0v) is 19.0. The number of pyridine rings is 1. The van der Waals surface area contributed by atoms with Crippen LogP contribution in [0.15, 0.2) is 48.7 Å². The zero-order chi connectivity index (χ0) is 22.3. The van der Waals surface area contributed by atoms with Crippen LogP contribution in [0.5, 0.6) is 0 Å². The summed E-state index contributed by atoms with van der Waals surface area (Å²) in [6.45, 7) is 5.44. The monoisotopic (exact) mass is 434 g/mol. The number of hydrogen-bond acceptors (Lipinski definition) is 4. The molecule has 2 aliphatic rings. The summed E-state index contributed by atoms with van der Waals surface area (Å²) in [6.07, 6.45) is 7.16. The first-order valence-electron chi connectivity index (χ1n) is 11.9. The van der Waals surface area contributed by atoms with Gasteiger partial charge in [0.2, 0.25) is 5.91 Å². The second-order valence-corrected chi connectivity index (χ2v) is 9.05. The summed E-state index contributed by atoms with van der Waals surface area (Å²) in [6, 6.07) is 13.5. The van der Waals surface area contributed by atoms with Crippen LogP contribution in [0.25, 0.3) is 0 Å². The van der Waals surface area contributed by atoms with Gasteiger partial charge in [0.15, 0.2) is 0 Å². The maximum atomic E-state index is 13.2. The molecule has 0 bridgehead atoms. The molecule has 170 valence electrons. The number of rotatable bonds is 7. The molecule has 2 fully saturated rings. The van der Waals surface area contributed by atoms with Gasteiger partial charge in [-0.25, -0.2) is 0 Å². The molecule has 4 rings (SSSR count). The first-order valence-corrected chi connectivity index (χ1v) is 11.9. The molecule has 1 aromatic heterocycles. The lowest BCUT2D eigenvalue weighted by Crippen LogP contribution is -2.58. The molecular weight excluding hydrogens is 400 g/mol. The first-order chi connectivity index (χ1) is 15.6. The van der Waals surface area contributed by atoms with Gasteiger partial charge in [-0.3, -0.25) is 19.5 Å². The van der Waals surface area contributed by atoms with Crippen LogP contribution in [0.3, 0.4) is 0 Å². The molecule has 32 heavy (non-hydrogen) atoms. The molecule has 1 aromatic carbocycles. The van der Waals surface area contributed by atoms with Gasteiger partial charge in [0, 0.05) is 56.6 Å². The van der Waals surface area contributed by atoms with Crippen molar-refractivity contribution in [3.8, 4) is 0 Å². The van der Waals surface area contributed by atoms with Crippen LogP contribution >= 0.6 is 0 Å². The molecule has 6 nitrogen and oxygen atoms in total. The van der Waals surface area contributed by atoms with Crippen LogP contribution in [0, 0.1) is 12.8 Å². The van der Waals surface area contributed by atoms with Crippen LogP contribution in [0.4, 0.5) is 0 Å². The van der Waals surface area contributed by atoms with Crippen LogP contribution < -0.4 is 5.32 Å². The number of aromatic nitrogens is 1. The third kappa shape index (κ3) is 5.54. The highest BCUT2D eigenvalue weighted by Gasteiger charge is 2.37. The van der Waals surface area contributed by atoms with E-state index in [0.29, 0.717) is 25.6 Å². The molecule has 2 heterocycles. The number of nitrogens with zero attached hydrogens (tertiary/aromatic N) is 3. The van der Waals surface area contributed by atoms with E-state index in [1.807, 2.05) is 54.3 Å². The highest BCUT2D eigenvalue weighted by atomic mass is 16.2. The summed E-state index contributed by atoms with van der Waals surface area (Å²) in [5.74, 6) is 0.622. The second-order valence-electron chi connectivity index (χ2n) is 9.05. The Kier molecular flexibility index (Phi) is 7.53. The van der Waals surface area contributed by atoms with E-state index in [1.54, 1.807) is 6.20 Å². The Morgan fingerprint density at radius 3 is 2.41 bits per heavy atom. The third-order valence-corrected chi connectivity index (χ3v) is 6.81. The van der Waals surface area contributed by atoms with Gasteiger partial charge in [0.05, 0.1) is 6.04 Å². The van der Waals surface area contributed by atoms with Crippen molar-refractivity contribution in [1.29, 1.82) is 0 Å². The van der Waals surface area contributed by atoms with Crippen molar-refractivity contribution in [2.45, 2.75) is 45.1 Å². The van der Waals surface area contributed by atoms with Crippen molar-refractivity contribution in [3.05, 3.63) is 65.5 Å². The summed E-state index contributed by atoms with van der Waals surface area (Å²) in [4.78, 5) is 34.7. The van der Waals surface area contributed by atoms with Gasteiger partial charge in [-0.1, -0.05) is 36.6 Å². The fraction of sp³-hybridized carbons (Fsp3) is 0.500. The molecule has 2 aromatic rings. The van der Waals surface area contributed by atoms with E-state index < -0.39 is 0 Å². The minimum Gasteiger partial charge on any atom is -0.354 e. The number of aryl methyl sites for hydroxylation is 1. The fourth-order valence-electron chi connectivity index (χ4n) is 5.00. The van der Waals surface area contributed by atoms with Gasteiger partial charge in [0.25, 0.3) is 5.91 Å². The summed E-state index contributed by atoms with van der Waals surface area (Å²) >= 11 is 0. The molecular formula is C26H34N4O2. The quantitative estimate of drug-likeness (QED) is 0.727. The van der Waals surface area contributed by atoms with Gasteiger partial charge in [-0.15, -0.1) is 0 Å². The Morgan fingerprint density at radius 2 is 1.75 bits per heavy atom. The minimum atomic E-state index is -0.0992. The molecule has 0 spiro atoms. The average molecular weight is 435 g/mol. The lowest BCUT2D eigenvalue weighted by Gasteiger charge is -2.40. The number of hydrogen-bond donors (Lipinski definition) is 1. The van der Waals surface area contributed by atoms with Crippen molar-refractivity contribution in [2.24, 2.45) is 5.92 Å². The number of amides is 2. The van der Waals surface area contributed by atoms with Gasteiger partial charge < -0.3 is 10.2 Å². The maximum absolute atomic E-state index is 13.2. The third-order valence-electron chi connectivity index (χ3n) is 6.81. The van der Waals surface area contributed by atoms with Crippen molar-refractivity contribution >= 4 is 11.8 Å². The van der Waals surface area contributed by atoms with E-state index in [2.05, 4.69) is 15.2 Å². The van der Waals surface area contributed by atoms with E-state index in [9.17, 15) is 9.59 Å². The Labute approximate surface area is 191 Å². The van der Waals surface area contributed by atoms with Crippen LogP contribution in [0.2, 0.25) is 0 Å². The number of carbonyl (C=O) groups is 2. The summed E-state index contributed by atoms with van der Waals surface area (Å²) in [5, 5.41) is 3.17. The van der Waals surface area contributed by atoms with Crippen molar-refractivity contribution in [2.75, 3.05) is 32.7 Å². The van der Waals surface area contributed by atoms with Crippen molar-refractivity contribution in [3.63, 3.8) is 0 Å². The largest absolute Gasteiger partial charge is 0.354 e. The fourth-order valence-corrected chi connectivity index (χ4v) is 5.00. The van der Waals surface area contributed by atoms with Gasteiger partial charge in [-0.05, 0) is 49.9 Å². The first kappa shape index (κ1) is 22.5. The van der Waals surface area contributed by atoms with Crippen molar-refractivity contribution in [1.82, 2.24) is 20.1 Å². The van der Waals surface area contributed by atoms with E-state index in [4.69, 9.17) is 0 Å². The standard InChI is InChI=1S/C26H34N4O2/c1-20-9-11-22(12-10-20)26(32)30-18-16-29(17-19-30)24(21-6-2-3-7-21)25(31)28-15-13-23-8-4-5-14-27-23/h4-5,8-12,14,21,24H,2-3,6-7,13,15-19H2,1H3,(H,28,31). The summed E-state index contributed by atoms with van der Waals surface area (Å²) in [7, 11) is 0. The van der Waals surface area contributed by atoms with Crippen molar-refractivity contribution < 1.29 is 9.59 Å². The van der Waals surface area contributed by atoms with E-state index in [-0.39, 0.29) is 17.9 Å². The molecule has 1 N–H and O–H groups in total. The maximum Gasteiger partial charge on any atom is 0.253 e. The smallest absolute Gasteiger partial charge is 0.253 e. The molecule has 1 aliphatic heterocycles. The Hall–Kier alpha value is -2.73. The number of benzene rings is 1. The van der Waals surface area contributed by atoms with Crippen LogP contribution in [0.1, 0.15) is 47.3 Å². The van der Waals surface area contributed by atoms with Gasteiger partial charge in [-0.2, -0.15) is 0 Å². The van der Waals surface area contributed by atoms with Crippen LogP contribution in [-0.4, -0.2) is 65.4 Å². The molecule has 1 aliphatic carbocycles. The SMILES string of the molecule is Cc1ccc(C(=O)N2CCN(C(C(=O)NCCc3ccccn3)C3CCCC3)CC2)cc1. The Morgan fingerprint density at radius 1 is 1.03 bits per heavy atom. The molecule has 1 saturated heterocycles.